The number of rotatable bonds is 6. The van der Waals surface area contributed by atoms with Crippen LogP contribution in [0.3, 0.4) is 0 Å². The van der Waals surface area contributed by atoms with Crippen LogP contribution in [0.1, 0.15) is 24.6 Å². The first-order chi connectivity index (χ1) is 10.0. The van der Waals surface area contributed by atoms with Gasteiger partial charge in [0.15, 0.2) is 0 Å². The van der Waals surface area contributed by atoms with Gasteiger partial charge in [-0.15, -0.1) is 5.10 Å². The van der Waals surface area contributed by atoms with Crippen molar-refractivity contribution in [1.29, 1.82) is 0 Å². The van der Waals surface area contributed by atoms with Crippen molar-refractivity contribution in [2.24, 2.45) is 0 Å². The fraction of sp³-hybridized carbons (Fsp3) is 0.429. The number of para-hydroxylation sites is 1. The highest BCUT2D eigenvalue weighted by Gasteiger charge is 2.30. The number of thioether (sulfide) groups is 1. The number of hydrogen-bond acceptors (Lipinski definition) is 5. The molecule has 1 aromatic heterocycles. The van der Waals surface area contributed by atoms with Crippen molar-refractivity contribution in [3.63, 3.8) is 0 Å². The number of nitrogens with zero attached hydrogens (tertiary/aromatic N) is 3. The second-order valence-electron chi connectivity index (χ2n) is 5.25. The van der Waals surface area contributed by atoms with Crippen molar-refractivity contribution >= 4 is 21.6 Å². The van der Waals surface area contributed by atoms with Gasteiger partial charge in [-0.25, -0.2) is 18.1 Å². The summed E-state index contributed by atoms with van der Waals surface area (Å²) in [6, 6.07) is 9.93. The monoisotopic (exact) mass is 323 g/mol. The molecule has 1 aliphatic carbocycles. The van der Waals surface area contributed by atoms with E-state index in [0.717, 1.165) is 24.4 Å². The fourth-order valence-electron chi connectivity index (χ4n) is 2.01. The summed E-state index contributed by atoms with van der Waals surface area (Å²) < 4.78 is 24.2. The highest BCUT2D eigenvalue weighted by Crippen LogP contribution is 2.40. The van der Waals surface area contributed by atoms with Gasteiger partial charge in [0.05, 0.1) is 11.4 Å². The van der Waals surface area contributed by atoms with Crippen molar-refractivity contribution in [2.45, 2.75) is 23.9 Å². The lowest BCUT2D eigenvalue weighted by molar-refractivity contribution is 0.603. The van der Waals surface area contributed by atoms with Gasteiger partial charge >= 0.3 is 0 Å². The van der Waals surface area contributed by atoms with E-state index in [1.54, 1.807) is 0 Å². The summed E-state index contributed by atoms with van der Waals surface area (Å²) in [5.41, 5.74) is 1.00. The van der Waals surface area contributed by atoms with E-state index in [2.05, 4.69) is 10.1 Å². The zero-order chi connectivity index (χ0) is 14.9. The van der Waals surface area contributed by atoms with E-state index in [9.17, 15) is 8.42 Å². The molecule has 0 atom stereocenters. The number of benzene rings is 1. The number of aromatic nitrogens is 3. The quantitative estimate of drug-likeness (QED) is 0.763. The lowest BCUT2D eigenvalue weighted by atomic mass is 10.3. The van der Waals surface area contributed by atoms with Crippen molar-refractivity contribution in [1.82, 2.24) is 14.8 Å². The van der Waals surface area contributed by atoms with E-state index in [1.807, 2.05) is 35.0 Å². The Hall–Kier alpha value is -1.34. The van der Waals surface area contributed by atoms with Gasteiger partial charge in [-0.3, -0.25) is 0 Å². The molecular formula is C14H17N3O2S2. The maximum atomic E-state index is 11.2. The molecular weight excluding hydrogens is 306 g/mol. The van der Waals surface area contributed by atoms with E-state index in [4.69, 9.17) is 0 Å². The van der Waals surface area contributed by atoms with E-state index in [0.29, 0.717) is 16.8 Å². The molecule has 0 radical (unpaired) electrons. The second-order valence-corrected chi connectivity index (χ2v) is 8.57. The lowest BCUT2D eigenvalue weighted by Gasteiger charge is -2.03. The normalized spacial score (nSPS) is 15.3. The fourth-order valence-corrected chi connectivity index (χ4v) is 4.04. The van der Waals surface area contributed by atoms with Gasteiger partial charge in [-0.05, 0) is 25.0 Å². The van der Waals surface area contributed by atoms with Crippen molar-refractivity contribution in [3.05, 3.63) is 36.2 Å². The van der Waals surface area contributed by atoms with E-state index in [-0.39, 0.29) is 5.75 Å². The summed E-state index contributed by atoms with van der Waals surface area (Å²) in [5, 5.41) is 5.19. The van der Waals surface area contributed by atoms with Gasteiger partial charge in [0.2, 0.25) is 5.16 Å². The molecule has 1 aromatic carbocycles. The van der Waals surface area contributed by atoms with E-state index >= 15 is 0 Å². The molecule has 0 N–H and O–H groups in total. The molecule has 0 spiro atoms. The topological polar surface area (TPSA) is 64.8 Å². The summed E-state index contributed by atoms with van der Waals surface area (Å²) >= 11 is 1.40. The van der Waals surface area contributed by atoms with Crippen LogP contribution in [0.4, 0.5) is 0 Å². The van der Waals surface area contributed by atoms with Crippen molar-refractivity contribution in [2.75, 3.05) is 17.8 Å². The third kappa shape index (κ3) is 3.85. The summed E-state index contributed by atoms with van der Waals surface area (Å²) in [4.78, 5) is 4.59. The Bertz CT molecular complexity index is 722. The lowest BCUT2D eigenvalue weighted by Crippen LogP contribution is -2.05. The summed E-state index contributed by atoms with van der Waals surface area (Å²) in [5.74, 6) is 2.11. The predicted molar refractivity (Wildman–Crippen MR) is 83.8 cm³/mol. The minimum atomic E-state index is -2.94. The van der Waals surface area contributed by atoms with E-state index in [1.165, 1.54) is 18.0 Å². The van der Waals surface area contributed by atoms with Crippen LogP contribution in [-0.2, 0) is 9.84 Å². The van der Waals surface area contributed by atoms with Gasteiger partial charge in [0, 0.05) is 17.9 Å². The predicted octanol–water partition coefficient (Wildman–Crippen LogP) is 2.28. The molecule has 0 amide bonds. The molecule has 3 rings (SSSR count). The standard InChI is InChI=1S/C14H17N3O2S2/c1-21(18,19)10-9-20-14-15-13(11-7-8-11)17(16-14)12-5-3-2-4-6-12/h2-6,11H,7-10H2,1H3. The Labute approximate surface area is 128 Å². The third-order valence-electron chi connectivity index (χ3n) is 3.24. The molecule has 0 bridgehead atoms. The molecule has 1 aliphatic rings. The van der Waals surface area contributed by atoms with Crippen molar-refractivity contribution < 1.29 is 8.42 Å². The summed E-state index contributed by atoms with van der Waals surface area (Å²) in [6.07, 6.45) is 3.55. The minimum absolute atomic E-state index is 0.149. The largest absolute Gasteiger partial charge is 0.229 e. The Balaban J connectivity index is 1.80. The first-order valence-corrected chi connectivity index (χ1v) is 9.90. The van der Waals surface area contributed by atoms with Gasteiger partial charge in [-0.2, -0.15) is 0 Å². The molecule has 0 unspecified atom stereocenters. The van der Waals surface area contributed by atoms with Crippen LogP contribution in [0.25, 0.3) is 5.69 Å². The van der Waals surface area contributed by atoms with Crippen LogP contribution in [0.5, 0.6) is 0 Å². The first-order valence-electron chi connectivity index (χ1n) is 6.86. The summed E-state index contributed by atoms with van der Waals surface area (Å²) in [7, 11) is -2.94. The van der Waals surface area contributed by atoms with Crippen LogP contribution in [-0.4, -0.2) is 40.9 Å². The Morgan fingerprint density at radius 1 is 1.29 bits per heavy atom. The van der Waals surface area contributed by atoms with Crippen LogP contribution in [0, 0.1) is 0 Å². The molecule has 7 heteroatoms. The molecule has 1 heterocycles. The second kappa shape index (κ2) is 5.81. The number of sulfone groups is 1. The Kier molecular flexibility index (Phi) is 4.03. The first kappa shape index (κ1) is 14.6. The van der Waals surface area contributed by atoms with Crippen LogP contribution < -0.4 is 0 Å². The third-order valence-corrected chi connectivity index (χ3v) is 5.28. The van der Waals surface area contributed by atoms with E-state index < -0.39 is 9.84 Å². The molecule has 2 aromatic rings. The maximum absolute atomic E-state index is 11.2. The van der Waals surface area contributed by atoms with Gasteiger partial charge in [-0.1, -0.05) is 30.0 Å². The van der Waals surface area contributed by atoms with Crippen LogP contribution in [0.15, 0.2) is 35.5 Å². The molecule has 1 saturated carbocycles. The van der Waals surface area contributed by atoms with Gasteiger partial charge < -0.3 is 0 Å². The van der Waals surface area contributed by atoms with Crippen LogP contribution in [0.2, 0.25) is 0 Å². The van der Waals surface area contributed by atoms with Crippen LogP contribution >= 0.6 is 11.8 Å². The Morgan fingerprint density at radius 2 is 2.00 bits per heavy atom. The Morgan fingerprint density at radius 3 is 2.62 bits per heavy atom. The molecule has 1 fully saturated rings. The minimum Gasteiger partial charge on any atom is -0.229 e. The zero-order valence-electron chi connectivity index (χ0n) is 11.8. The highest BCUT2D eigenvalue weighted by atomic mass is 32.2. The SMILES string of the molecule is CS(=O)(=O)CCSc1nc(C2CC2)n(-c2ccccc2)n1. The maximum Gasteiger partial charge on any atom is 0.209 e. The summed E-state index contributed by atoms with van der Waals surface area (Å²) in [6.45, 7) is 0. The van der Waals surface area contributed by atoms with Gasteiger partial charge in [0.25, 0.3) is 0 Å². The molecule has 112 valence electrons. The average Bonchev–Trinajstić information content (AvgIpc) is 3.19. The van der Waals surface area contributed by atoms with Crippen molar-refractivity contribution in [3.8, 4) is 5.69 Å². The van der Waals surface area contributed by atoms with Gasteiger partial charge in [0.1, 0.15) is 15.7 Å². The average molecular weight is 323 g/mol. The molecule has 21 heavy (non-hydrogen) atoms. The molecule has 5 nitrogen and oxygen atoms in total. The highest BCUT2D eigenvalue weighted by molar-refractivity contribution is 8.00. The smallest absolute Gasteiger partial charge is 0.209 e. The zero-order valence-corrected chi connectivity index (χ0v) is 13.4. The molecule has 0 aliphatic heterocycles. The molecule has 0 saturated heterocycles. The number of hydrogen-bond donors (Lipinski definition) is 0.